The van der Waals surface area contributed by atoms with Crippen LogP contribution in [0, 0.1) is 18.3 Å². The fraction of sp³-hybridized carbons (Fsp3) is 0.188. The van der Waals surface area contributed by atoms with E-state index in [0.29, 0.717) is 11.4 Å². The first-order valence-electron chi connectivity index (χ1n) is 6.61. The fourth-order valence-corrected chi connectivity index (χ4v) is 2.52. The third-order valence-corrected chi connectivity index (χ3v) is 3.59. The summed E-state index contributed by atoms with van der Waals surface area (Å²) in [5.41, 5.74) is 3.89. The highest BCUT2D eigenvalue weighted by Gasteiger charge is 2.19. The maximum atomic E-state index is 9.34. The Kier molecular flexibility index (Phi) is 3.36. The third-order valence-electron chi connectivity index (χ3n) is 3.40. The average molecular weight is 297 g/mol. The van der Waals surface area contributed by atoms with Crippen molar-refractivity contribution in [1.29, 1.82) is 5.26 Å². The molecule has 1 atom stereocenters. The summed E-state index contributed by atoms with van der Waals surface area (Å²) in [4.78, 5) is 9.05. The summed E-state index contributed by atoms with van der Waals surface area (Å²) in [6.45, 7) is 3.85. The molecule has 2 heterocycles. The number of alkyl halides is 1. The normalized spacial score (nSPS) is 12.3. The minimum Gasteiger partial charge on any atom is -0.278 e. The number of pyridine rings is 1. The quantitative estimate of drug-likeness (QED) is 0.674. The van der Waals surface area contributed by atoms with Crippen LogP contribution in [0.4, 0.5) is 0 Å². The third kappa shape index (κ3) is 2.16. The molecule has 0 bridgehead atoms. The predicted octanol–water partition coefficient (Wildman–Crippen LogP) is 3.90. The van der Waals surface area contributed by atoms with Gasteiger partial charge in [-0.2, -0.15) is 5.26 Å². The van der Waals surface area contributed by atoms with E-state index < -0.39 is 0 Å². The van der Waals surface area contributed by atoms with Crippen molar-refractivity contribution in [2.75, 3.05) is 0 Å². The van der Waals surface area contributed by atoms with E-state index in [2.05, 4.69) is 16.0 Å². The van der Waals surface area contributed by atoms with E-state index in [0.717, 1.165) is 22.4 Å². The second-order valence-electron chi connectivity index (χ2n) is 4.85. The maximum absolute atomic E-state index is 9.34. The van der Waals surface area contributed by atoms with E-state index in [1.807, 2.05) is 42.7 Å². The fourth-order valence-electron chi connectivity index (χ4n) is 2.38. The molecule has 0 radical (unpaired) electrons. The molecule has 3 aromatic rings. The summed E-state index contributed by atoms with van der Waals surface area (Å²) in [5, 5.41) is 9.05. The Morgan fingerprint density at radius 1 is 1.29 bits per heavy atom. The van der Waals surface area contributed by atoms with Gasteiger partial charge in [0.2, 0.25) is 0 Å². The molecule has 0 fully saturated rings. The number of rotatable bonds is 2. The first-order valence-corrected chi connectivity index (χ1v) is 7.04. The first kappa shape index (κ1) is 13.6. The van der Waals surface area contributed by atoms with Crippen LogP contribution in [0.5, 0.6) is 0 Å². The molecule has 3 rings (SSSR count). The number of aromatic nitrogens is 3. The minimum absolute atomic E-state index is 0.287. The number of nitrogens with zero attached hydrogens (tertiary/aromatic N) is 4. The molecule has 0 aliphatic carbocycles. The zero-order valence-corrected chi connectivity index (χ0v) is 12.5. The van der Waals surface area contributed by atoms with Gasteiger partial charge < -0.3 is 0 Å². The number of nitriles is 1. The number of halogens is 1. The molecule has 0 amide bonds. The number of imidazole rings is 1. The average Bonchev–Trinajstić information content (AvgIpc) is 2.88. The van der Waals surface area contributed by atoms with Crippen molar-refractivity contribution in [3.8, 4) is 11.8 Å². The van der Waals surface area contributed by atoms with Gasteiger partial charge in [0.1, 0.15) is 17.4 Å². The molecule has 5 heteroatoms. The lowest BCUT2D eigenvalue weighted by molar-refractivity contribution is 0.875. The summed E-state index contributed by atoms with van der Waals surface area (Å²) in [5.74, 6) is 0.691. The highest BCUT2D eigenvalue weighted by atomic mass is 35.5. The monoisotopic (exact) mass is 296 g/mol. The smallest absolute Gasteiger partial charge is 0.165 e. The van der Waals surface area contributed by atoms with Crippen molar-refractivity contribution in [1.82, 2.24) is 14.5 Å². The predicted molar refractivity (Wildman–Crippen MR) is 82.6 cm³/mol. The summed E-state index contributed by atoms with van der Waals surface area (Å²) in [7, 11) is 0. The van der Waals surface area contributed by atoms with Gasteiger partial charge in [0.05, 0.1) is 16.6 Å². The van der Waals surface area contributed by atoms with Crippen LogP contribution < -0.4 is 0 Å². The van der Waals surface area contributed by atoms with Crippen molar-refractivity contribution in [3.63, 3.8) is 0 Å². The van der Waals surface area contributed by atoms with Crippen LogP contribution in [0.2, 0.25) is 0 Å². The van der Waals surface area contributed by atoms with Gasteiger partial charge in [-0.3, -0.25) is 4.57 Å². The molecule has 0 N–H and O–H groups in total. The van der Waals surface area contributed by atoms with Gasteiger partial charge in [0.25, 0.3) is 0 Å². The Labute approximate surface area is 127 Å². The number of para-hydroxylation sites is 1. The minimum atomic E-state index is -0.287. The van der Waals surface area contributed by atoms with Gasteiger partial charge in [0.15, 0.2) is 5.65 Å². The molecule has 2 aromatic heterocycles. The molecule has 4 nitrogen and oxygen atoms in total. The number of hydrogen-bond donors (Lipinski definition) is 0. The number of hydrogen-bond acceptors (Lipinski definition) is 3. The van der Waals surface area contributed by atoms with Gasteiger partial charge in [-0.05, 0) is 37.6 Å². The SMILES string of the molecule is Cc1ccnc2c1nc(C(C)Cl)n2-c1ccccc1C#N. The Morgan fingerprint density at radius 2 is 2.05 bits per heavy atom. The lowest BCUT2D eigenvalue weighted by atomic mass is 10.2. The van der Waals surface area contributed by atoms with Crippen LogP contribution in [-0.2, 0) is 0 Å². The van der Waals surface area contributed by atoms with Gasteiger partial charge in [0, 0.05) is 6.20 Å². The molecule has 104 valence electrons. The van der Waals surface area contributed by atoms with Crippen molar-refractivity contribution in [2.45, 2.75) is 19.2 Å². The number of benzene rings is 1. The van der Waals surface area contributed by atoms with E-state index in [9.17, 15) is 5.26 Å². The molecule has 0 saturated carbocycles. The summed E-state index contributed by atoms with van der Waals surface area (Å²) < 4.78 is 1.87. The second kappa shape index (κ2) is 5.19. The molecule has 0 saturated heterocycles. The molecule has 1 unspecified atom stereocenters. The summed E-state index contributed by atoms with van der Waals surface area (Å²) in [6.07, 6.45) is 1.74. The lowest BCUT2D eigenvalue weighted by Crippen LogP contribution is -2.04. The summed E-state index contributed by atoms with van der Waals surface area (Å²) in [6, 6.07) is 11.5. The standard InChI is InChI=1S/C16H13ClN4/c1-10-7-8-19-16-14(10)20-15(11(2)17)21(16)13-6-4-3-5-12(13)9-18/h3-8,11H,1-2H3. The molecule has 1 aromatic carbocycles. The summed E-state index contributed by atoms with van der Waals surface area (Å²) >= 11 is 6.28. The van der Waals surface area contributed by atoms with E-state index >= 15 is 0 Å². The zero-order valence-electron chi connectivity index (χ0n) is 11.7. The molecule has 21 heavy (non-hydrogen) atoms. The van der Waals surface area contributed by atoms with Crippen LogP contribution in [0.1, 0.15) is 29.3 Å². The van der Waals surface area contributed by atoms with Crippen LogP contribution in [0.3, 0.4) is 0 Å². The van der Waals surface area contributed by atoms with E-state index in [4.69, 9.17) is 11.6 Å². The van der Waals surface area contributed by atoms with Crippen LogP contribution >= 0.6 is 11.6 Å². The first-order chi connectivity index (χ1) is 10.1. The molecule has 0 aliphatic rings. The molecular weight excluding hydrogens is 284 g/mol. The van der Waals surface area contributed by atoms with Crippen molar-refractivity contribution in [3.05, 3.63) is 53.5 Å². The van der Waals surface area contributed by atoms with E-state index in [1.165, 1.54) is 0 Å². The lowest BCUT2D eigenvalue weighted by Gasteiger charge is -2.11. The van der Waals surface area contributed by atoms with Crippen LogP contribution in [0.25, 0.3) is 16.9 Å². The van der Waals surface area contributed by atoms with Gasteiger partial charge in [-0.25, -0.2) is 9.97 Å². The second-order valence-corrected chi connectivity index (χ2v) is 5.51. The Balaban J connectivity index is 2.43. The van der Waals surface area contributed by atoms with Crippen molar-refractivity contribution < 1.29 is 0 Å². The van der Waals surface area contributed by atoms with Crippen molar-refractivity contribution >= 4 is 22.8 Å². The largest absolute Gasteiger partial charge is 0.278 e. The van der Waals surface area contributed by atoms with Crippen LogP contribution in [-0.4, -0.2) is 14.5 Å². The Bertz CT molecular complexity index is 858. The highest BCUT2D eigenvalue weighted by molar-refractivity contribution is 6.20. The zero-order chi connectivity index (χ0) is 15.0. The van der Waals surface area contributed by atoms with Gasteiger partial charge in [-0.1, -0.05) is 12.1 Å². The van der Waals surface area contributed by atoms with Gasteiger partial charge >= 0.3 is 0 Å². The Morgan fingerprint density at radius 3 is 2.76 bits per heavy atom. The Hall–Kier alpha value is -2.38. The molecule has 0 spiro atoms. The molecular formula is C16H13ClN4. The van der Waals surface area contributed by atoms with Gasteiger partial charge in [-0.15, -0.1) is 11.6 Å². The van der Waals surface area contributed by atoms with Crippen molar-refractivity contribution in [2.24, 2.45) is 0 Å². The van der Waals surface area contributed by atoms with Crippen LogP contribution in [0.15, 0.2) is 36.5 Å². The number of fused-ring (bicyclic) bond motifs is 1. The molecule has 0 aliphatic heterocycles. The number of aryl methyl sites for hydroxylation is 1. The topological polar surface area (TPSA) is 54.5 Å². The highest BCUT2D eigenvalue weighted by Crippen LogP contribution is 2.29. The maximum Gasteiger partial charge on any atom is 0.165 e. The van der Waals surface area contributed by atoms with E-state index in [1.54, 1.807) is 12.3 Å². The van der Waals surface area contributed by atoms with E-state index in [-0.39, 0.29) is 5.38 Å².